The van der Waals surface area contributed by atoms with Crippen molar-refractivity contribution in [3.05, 3.63) is 35.9 Å². The highest BCUT2D eigenvalue weighted by Crippen LogP contribution is 2.24. The lowest BCUT2D eigenvalue weighted by molar-refractivity contribution is -0.138. The van der Waals surface area contributed by atoms with E-state index in [9.17, 15) is 4.79 Å². The summed E-state index contributed by atoms with van der Waals surface area (Å²) in [5.41, 5.74) is 8.02. The normalized spacial score (nSPS) is 10.0. The number of hydrogen-bond donors (Lipinski definition) is 1. The van der Waals surface area contributed by atoms with Gasteiger partial charge in [-0.1, -0.05) is 6.58 Å². The van der Waals surface area contributed by atoms with Crippen molar-refractivity contribution < 1.29 is 9.53 Å². The molecule has 0 aliphatic carbocycles. The zero-order valence-corrected chi connectivity index (χ0v) is 11.0. The molecule has 0 aliphatic rings. The zero-order valence-electron chi connectivity index (χ0n) is 10.2. The summed E-state index contributed by atoms with van der Waals surface area (Å²) in [6.45, 7) is 7.82. The van der Waals surface area contributed by atoms with Crippen LogP contribution in [0.5, 0.6) is 0 Å². The number of hydrogen-bond acceptors (Lipinski definition) is 4. The Bertz CT molecular complexity index is 429. The van der Waals surface area contributed by atoms with Crippen LogP contribution in [0.15, 0.2) is 35.2 Å². The summed E-state index contributed by atoms with van der Waals surface area (Å²) in [6, 6.07) is 5.80. The molecule has 3 nitrogen and oxygen atoms in total. The Morgan fingerprint density at radius 3 is 2.82 bits per heavy atom. The van der Waals surface area contributed by atoms with Crippen molar-refractivity contribution in [3.8, 4) is 0 Å². The number of nitrogens with two attached hydrogens (primary N) is 1. The lowest BCUT2D eigenvalue weighted by Gasteiger charge is -2.06. The Labute approximate surface area is 106 Å². The molecule has 2 N–H and O–H groups in total. The SMILES string of the molecule is C=C(CSc1ccc(N)c(C)c1)C(=O)OCC. The fourth-order valence-corrected chi connectivity index (χ4v) is 2.08. The molecule has 0 aliphatic heterocycles. The summed E-state index contributed by atoms with van der Waals surface area (Å²) in [7, 11) is 0. The third-order valence-corrected chi connectivity index (χ3v) is 3.30. The van der Waals surface area contributed by atoms with Crippen molar-refractivity contribution in [1.82, 2.24) is 0 Å². The number of carbonyl (C=O) groups is 1. The number of esters is 1. The predicted molar refractivity (Wildman–Crippen MR) is 72.1 cm³/mol. The topological polar surface area (TPSA) is 52.3 Å². The minimum Gasteiger partial charge on any atom is -0.463 e. The average molecular weight is 251 g/mol. The van der Waals surface area contributed by atoms with Crippen LogP contribution >= 0.6 is 11.8 Å². The summed E-state index contributed by atoms with van der Waals surface area (Å²) in [4.78, 5) is 12.4. The molecule has 0 saturated carbocycles. The molecule has 1 aromatic carbocycles. The van der Waals surface area contributed by atoms with Gasteiger partial charge in [0.2, 0.25) is 0 Å². The van der Waals surface area contributed by atoms with Crippen LogP contribution in [-0.4, -0.2) is 18.3 Å². The standard InChI is InChI=1S/C13H17NO2S/c1-4-16-13(15)10(3)8-17-11-5-6-12(14)9(2)7-11/h5-7H,3-4,8,14H2,1-2H3. The molecule has 1 aromatic rings. The van der Waals surface area contributed by atoms with Crippen molar-refractivity contribution >= 4 is 23.4 Å². The van der Waals surface area contributed by atoms with E-state index in [1.54, 1.807) is 18.7 Å². The van der Waals surface area contributed by atoms with Crippen LogP contribution in [0.3, 0.4) is 0 Å². The summed E-state index contributed by atoms with van der Waals surface area (Å²) >= 11 is 1.55. The largest absolute Gasteiger partial charge is 0.463 e. The van der Waals surface area contributed by atoms with Crippen molar-refractivity contribution in [2.24, 2.45) is 0 Å². The quantitative estimate of drug-likeness (QED) is 0.378. The molecule has 0 amide bonds. The summed E-state index contributed by atoms with van der Waals surface area (Å²) < 4.78 is 4.86. The monoisotopic (exact) mass is 251 g/mol. The molecule has 92 valence electrons. The van der Waals surface area contributed by atoms with Gasteiger partial charge < -0.3 is 10.5 Å². The Hall–Kier alpha value is -1.42. The van der Waals surface area contributed by atoms with Gasteiger partial charge in [0, 0.05) is 21.9 Å². The average Bonchev–Trinajstić information content (AvgIpc) is 2.30. The Morgan fingerprint density at radius 2 is 2.24 bits per heavy atom. The lowest BCUT2D eigenvalue weighted by atomic mass is 10.2. The molecular weight excluding hydrogens is 234 g/mol. The van der Waals surface area contributed by atoms with E-state index in [1.165, 1.54) is 0 Å². The first-order valence-electron chi connectivity index (χ1n) is 5.38. The number of anilines is 1. The predicted octanol–water partition coefficient (Wildman–Crippen LogP) is 2.79. The highest BCUT2D eigenvalue weighted by atomic mass is 32.2. The minimum absolute atomic E-state index is 0.327. The van der Waals surface area contributed by atoms with E-state index in [-0.39, 0.29) is 5.97 Å². The van der Waals surface area contributed by atoms with Gasteiger partial charge in [-0.05, 0) is 37.6 Å². The summed E-state index contributed by atoms with van der Waals surface area (Å²) in [6.07, 6.45) is 0. The van der Waals surface area contributed by atoms with Crippen molar-refractivity contribution in [1.29, 1.82) is 0 Å². The number of benzene rings is 1. The number of carbonyl (C=O) groups excluding carboxylic acids is 1. The number of aryl methyl sites for hydroxylation is 1. The van der Waals surface area contributed by atoms with Crippen LogP contribution in [-0.2, 0) is 9.53 Å². The minimum atomic E-state index is -0.327. The van der Waals surface area contributed by atoms with Gasteiger partial charge in [-0.3, -0.25) is 0 Å². The van der Waals surface area contributed by atoms with Crippen LogP contribution in [0.25, 0.3) is 0 Å². The van der Waals surface area contributed by atoms with E-state index in [1.807, 2.05) is 25.1 Å². The number of thioether (sulfide) groups is 1. The Kier molecular flexibility index (Phi) is 5.10. The molecule has 0 spiro atoms. The molecule has 0 aromatic heterocycles. The van der Waals surface area contributed by atoms with Crippen molar-refractivity contribution in [2.75, 3.05) is 18.1 Å². The van der Waals surface area contributed by atoms with Gasteiger partial charge in [-0.25, -0.2) is 4.79 Å². The molecule has 0 heterocycles. The van der Waals surface area contributed by atoms with Crippen LogP contribution in [0, 0.1) is 6.92 Å². The zero-order chi connectivity index (χ0) is 12.8. The third kappa shape index (κ3) is 4.15. The van der Waals surface area contributed by atoms with Gasteiger partial charge in [-0.15, -0.1) is 11.8 Å². The maximum absolute atomic E-state index is 11.3. The number of ether oxygens (including phenoxy) is 1. The molecule has 1 rings (SSSR count). The third-order valence-electron chi connectivity index (χ3n) is 2.22. The second-order valence-corrected chi connectivity index (χ2v) is 4.68. The van der Waals surface area contributed by atoms with E-state index >= 15 is 0 Å². The van der Waals surface area contributed by atoms with Crippen molar-refractivity contribution in [3.63, 3.8) is 0 Å². The van der Waals surface area contributed by atoms with E-state index < -0.39 is 0 Å². The van der Waals surface area contributed by atoms with Crippen LogP contribution in [0.1, 0.15) is 12.5 Å². The highest BCUT2D eigenvalue weighted by Gasteiger charge is 2.08. The van der Waals surface area contributed by atoms with E-state index in [4.69, 9.17) is 10.5 Å². The molecule has 0 radical (unpaired) electrons. The van der Waals surface area contributed by atoms with Crippen molar-refractivity contribution in [2.45, 2.75) is 18.7 Å². The van der Waals surface area contributed by atoms with Gasteiger partial charge in [-0.2, -0.15) is 0 Å². The molecule has 0 saturated heterocycles. The molecule has 0 atom stereocenters. The van der Waals surface area contributed by atoms with Crippen LogP contribution in [0.2, 0.25) is 0 Å². The fourth-order valence-electron chi connectivity index (χ4n) is 1.20. The van der Waals surface area contributed by atoms with Crippen LogP contribution < -0.4 is 5.73 Å². The molecule has 0 fully saturated rings. The maximum Gasteiger partial charge on any atom is 0.334 e. The van der Waals surface area contributed by atoms with Gasteiger partial charge in [0.25, 0.3) is 0 Å². The first-order valence-corrected chi connectivity index (χ1v) is 6.37. The van der Waals surface area contributed by atoms with Gasteiger partial charge in [0.05, 0.1) is 6.61 Å². The van der Waals surface area contributed by atoms with Gasteiger partial charge >= 0.3 is 5.97 Å². The van der Waals surface area contributed by atoms with E-state index in [2.05, 4.69) is 6.58 Å². The molecule has 17 heavy (non-hydrogen) atoms. The molecule has 0 unspecified atom stereocenters. The maximum atomic E-state index is 11.3. The molecular formula is C13H17NO2S. The van der Waals surface area contributed by atoms with Gasteiger partial charge in [0.15, 0.2) is 0 Å². The highest BCUT2D eigenvalue weighted by molar-refractivity contribution is 7.99. The van der Waals surface area contributed by atoms with E-state index in [0.29, 0.717) is 17.9 Å². The van der Waals surface area contributed by atoms with Gasteiger partial charge in [0.1, 0.15) is 0 Å². The Balaban J connectivity index is 2.53. The summed E-state index contributed by atoms with van der Waals surface area (Å²) in [5.74, 6) is 0.203. The smallest absolute Gasteiger partial charge is 0.334 e. The second kappa shape index (κ2) is 6.35. The number of nitrogen functional groups attached to an aromatic ring is 1. The second-order valence-electron chi connectivity index (χ2n) is 3.63. The fraction of sp³-hybridized carbons (Fsp3) is 0.308. The first kappa shape index (κ1) is 13.6. The van der Waals surface area contributed by atoms with E-state index in [0.717, 1.165) is 16.1 Å². The number of rotatable bonds is 5. The molecule has 4 heteroatoms. The Morgan fingerprint density at radius 1 is 1.53 bits per heavy atom. The molecule has 0 bridgehead atoms. The lowest BCUT2D eigenvalue weighted by Crippen LogP contribution is -2.08. The summed E-state index contributed by atoms with van der Waals surface area (Å²) in [5, 5.41) is 0. The van der Waals surface area contributed by atoms with Crippen LogP contribution in [0.4, 0.5) is 5.69 Å². The first-order chi connectivity index (χ1) is 8.04.